The molecule has 0 bridgehead atoms. The Morgan fingerprint density at radius 3 is 2.71 bits per heavy atom. The molecule has 0 aliphatic rings. The molecule has 1 aromatic rings. The SMILES string of the molecule is CC(CO)C(C)NC(=O)c1nc[nH]c1C(=O)O. The molecule has 1 rings (SSSR count). The third-order valence-electron chi connectivity index (χ3n) is 2.57. The van der Waals surface area contributed by atoms with Crippen LogP contribution in [0.15, 0.2) is 6.33 Å². The monoisotopic (exact) mass is 241 g/mol. The lowest BCUT2D eigenvalue weighted by Crippen LogP contribution is -2.39. The molecule has 7 nitrogen and oxygen atoms in total. The van der Waals surface area contributed by atoms with E-state index in [2.05, 4.69) is 15.3 Å². The van der Waals surface area contributed by atoms with Crippen molar-refractivity contribution in [2.45, 2.75) is 19.9 Å². The van der Waals surface area contributed by atoms with Crippen molar-refractivity contribution in [2.75, 3.05) is 6.61 Å². The van der Waals surface area contributed by atoms with Crippen LogP contribution in [0.25, 0.3) is 0 Å². The molecule has 4 N–H and O–H groups in total. The lowest BCUT2D eigenvalue weighted by molar-refractivity contribution is 0.0683. The normalized spacial score (nSPS) is 14.1. The molecule has 0 fully saturated rings. The van der Waals surface area contributed by atoms with Crippen molar-refractivity contribution in [1.29, 1.82) is 0 Å². The van der Waals surface area contributed by atoms with Gasteiger partial charge in [-0.25, -0.2) is 9.78 Å². The smallest absolute Gasteiger partial charge is 0.354 e. The summed E-state index contributed by atoms with van der Waals surface area (Å²) in [7, 11) is 0. The minimum Gasteiger partial charge on any atom is -0.477 e. The molecular formula is C10H15N3O4. The number of hydrogen-bond acceptors (Lipinski definition) is 4. The van der Waals surface area contributed by atoms with E-state index in [-0.39, 0.29) is 30.0 Å². The topological polar surface area (TPSA) is 115 Å². The highest BCUT2D eigenvalue weighted by molar-refractivity contribution is 6.02. The van der Waals surface area contributed by atoms with E-state index in [1.807, 2.05) is 0 Å². The molecule has 1 aromatic heterocycles. The van der Waals surface area contributed by atoms with Crippen molar-refractivity contribution in [3.05, 3.63) is 17.7 Å². The van der Waals surface area contributed by atoms with Gasteiger partial charge >= 0.3 is 5.97 Å². The average molecular weight is 241 g/mol. The fraction of sp³-hybridized carbons (Fsp3) is 0.500. The third-order valence-corrected chi connectivity index (χ3v) is 2.57. The van der Waals surface area contributed by atoms with Crippen LogP contribution in [0.5, 0.6) is 0 Å². The molecule has 0 aliphatic heterocycles. The first kappa shape index (κ1) is 13.2. The van der Waals surface area contributed by atoms with Crippen molar-refractivity contribution >= 4 is 11.9 Å². The molecule has 17 heavy (non-hydrogen) atoms. The van der Waals surface area contributed by atoms with E-state index in [0.717, 1.165) is 6.33 Å². The van der Waals surface area contributed by atoms with Gasteiger partial charge in [-0.1, -0.05) is 6.92 Å². The van der Waals surface area contributed by atoms with Crippen LogP contribution >= 0.6 is 0 Å². The highest BCUT2D eigenvalue weighted by Crippen LogP contribution is 2.06. The number of carbonyl (C=O) groups is 2. The van der Waals surface area contributed by atoms with Gasteiger partial charge in [0.1, 0.15) is 0 Å². The summed E-state index contributed by atoms with van der Waals surface area (Å²) in [5.74, 6) is -1.93. The number of H-pyrrole nitrogens is 1. The Balaban J connectivity index is 2.77. The number of aliphatic hydroxyl groups is 1. The van der Waals surface area contributed by atoms with Gasteiger partial charge in [-0.05, 0) is 12.8 Å². The van der Waals surface area contributed by atoms with Crippen LogP contribution in [0.4, 0.5) is 0 Å². The maximum atomic E-state index is 11.7. The van der Waals surface area contributed by atoms with E-state index in [1.165, 1.54) is 0 Å². The molecule has 0 radical (unpaired) electrons. The van der Waals surface area contributed by atoms with Gasteiger partial charge in [-0.15, -0.1) is 0 Å². The van der Waals surface area contributed by atoms with Gasteiger partial charge in [-0.3, -0.25) is 4.79 Å². The number of hydrogen-bond donors (Lipinski definition) is 4. The largest absolute Gasteiger partial charge is 0.477 e. The summed E-state index contributed by atoms with van der Waals surface area (Å²) in [6, 6.07) is -0.272. The lowest BCUT2D eigenvalue weighted by atomic mass is 10.1. The van der Waals surface area contributed by atoms with Crippen LogP contribution in [-0.2, 0) is 0 Å². The number of amides is 1. The Morgan fingerprint density at radius 1 is 1.53 bits per heavy atom. The van der Waals surface area contributed by atoms with Crippen molar-refractivity contribution in [2.24, 2.45) is 5.92 Å². The molecule has 0 spiro atoms. The van der Waals surface area contributed by atoms with Gasteiger partial charge in [0.25, 0.3) is 5.91 Å². The number of aromatic amines is 1. The zero-order chi connectivity index (χ0) is 13.0. The maximum absolute atomic E-state index is 11.7. The number of aliphatic hydroxyl groups excluding tert-OH is 1. The van der Waals surface area contributed by atoms with E-state index in [1.54, 1.807) is 13.8 Å². The lowest BCUT2D eigenvalue weighted by Gasteiger charge is -2.18. The number of imidazole rings is 1. The summed E-state index contributed by atoms with van der Waals surface area (Å²) >= 11 is 0. The standard InChI is InChI=1S/C10H15N3O4/c1-5(3-14)6(2)13-9(15)7-8(10(16)17)12-4-11-7/h4-6,14H,3H2,1-2H3,(H,11,12)(H,13,15)(H,16,17). The first-order valence-electron chi connectivity index (χ1n) is 5.15. The number of aromatic carboxylic acids is 1. The third kappa shape index (κ3) is 3.04. The number of nitrogens with zero attached hydrogens (tertiary/aromatic N) is 1. The molecule has 2 unspecified atom stereocenters. The van der Waals surface area contributed by atoms with E-state index in [0.29, 0.717) is 0 Å². The van der Waals surface area contributed by atoms with Crippen LogP contribution < -0.4 is 5.32 Å². The van der Waals surface area contributed by atoms with Gasteiger partial charge in [0.2, 0.25) is 0 Å². The predicted octanol–water partition coefficient (Wildman–Crippen LogP) is -0.145. The minimum atomic E-state index is -1.24. The molecule has 1 heterocycles. The van der Waals surface area contributed by atoms with Gasteiger partial charge in [0.15, 0.2) is 11.4 Å². The van der Waals surface area contributed by atoms with E-state index < -0.39 is 11.9 Å². The number of rotatable bonds is 5. The maximum Gasteiger partial charge on any atom is 0.354 e. The molecule has 0 aromatic carbocycles. The molecule has 7 heteroatoms. The summed E-state index contributed by atoms with van der Waals surface area (Å²) in [5, 5.41) is 20.3. The Hall–Kier alpha value is -1.89. The van der Waals surface area contributed by atoms with Crippen molar-refractivity contribution in [3.8, 4) is 0 Å². The fourth-order valence-corrected chi connectivity index (χ4v) is 1.20. The molecule has 1 amide bonds. The Bertz CT molecular complexity index is 415. The van der Waals surface area contributed by atoms with Gasteiger partial charge in [0, 0.05) is 12.6 Å². The van der Waals surface area contributed by atoms with Crippen LogP contribution in [-0.4, -0.2) is 44.7 Å². The summed E-state index contributed by atoms with van der Waals surface area (Å²) in [6.45, 7) is 3.44. The Morgan fingerprint density at radius 2 is 2.18 bits per heavy atom. The number of carboxylic acids is 1. The number of aromatic nitrogens is 2. The highest BCUT2D eigenvalue weighted by Gasteiger charge is 2.22. The second-order valence-corrected chi connectivity index (χ2v) is 3.85. The number of carbonyl (C=O) groups excluding carboxylic acids is 1. The van der Waals surface area contributed by atoms with Gasteiger partial charge in [0.05, 0.1) is 6.33 Å². The first-order chi connectivity index (χ1) is 7.97. The number of carboxylic acid groups (broad SMARTS) is 1. The van der Waals surface area contributed by atoms with Crippen LogP contribution in [0.2, 0.25) is 0 Å². The van der Waals surface area contributed by atoms with E-state index in [9.17, 15) is 9.59 Å². The van der Waals surface area contributed by atoms with Crippen LogP contribution in [0.1, 0.15) is 34.8 Å². The summed E-state index contributed by atoms with van der Waals surface area (Å²) in [4.78, 5) is 28.5. The summed E-state index contributed by atoms with van der Waals surface area (Å²) < 4.78 is 0. The number of nitrogens with one attached hydrogen (secondary N) is 2. The van der Waals surface area contributed by atoms with Crippen LogP contribution in [0.3, 0.4) is 0 Å². The quantitative estimate of drug-likeness (QED) is 0.572. The fourth-order valence-electron chi connectivity index (χ4n) is 1.20. The predicted molar refractivity (Wildman–Crippen MR) is 58.7 cm³/mol. The van der Waals surface area contributed by atoms with Gasteiger partial charge in [-0.2, -0.15) is 0 Å². The average Bonchev–Trinajstić information content (AvgIpc) is 2.76. The van der Waals surface area contributed by atoms with Gasteiger partial charge < -0.3 is 20.5 Å². The van der Waals surface area contributed by atoms with Crippen molar-refractivity contribution < 1.29 is 19.8 Å². The second kappa shape index (κ2) is 5.44. The Labute approximate surface area is 97.9 Å². The first-order valence-corrected chi connectivity index (χ1v) is 5.15. The van der Waals surface area contributed by atoms with Crippen molar-refractivity contribution in [3.63, 3.8) is 0 Å². The molecule has 2 atom stereocenters. The van der Waals surface area contributed by atoms with E-state index >= 15 is 0 Å². The van der Waals surface area contributed by atoms with Crippen molar-refractivity contribution in [1.82, 2.24) is 15.3 Å². The van der Waals surface area contributed by atoms with Crippen LogP contribution in [0, 0.1) is 5.92 Å². The summed E-state index contributed by atoms with van der Waals surface area (Å²) in [5.41, 5.74) is -0.402. The molecule has 0 saturated heterocycles. The summed E-state index contributed by atoms with van der Waals surface area (Å²) in [6.07, 6.45) is 1.15. The highest BCUT2D eigenvalue weighted by atomic mass is 16.4. The molecule has 0 aliphatic carbocycles. The second-order valence-electron chi connectivity index (χ2n) is 3.85. The Kier molecular flexibility index (Phi) is 4.22. The molecule has 0 saturated carbocycles. The van der Waals surface area contributed by atoms with E-state index in [4.69, 9.17) is 10.2 Å². The minimum absolute atomic E-state index is 0.0617. The zero-order valence-electron chi connectivity index (χ0n) is 9.60. The molecular weight excluding hydrogens is 226 g/mol. The zero-order valence-corrected chi connectivity index (χ0v) is 9.60. The molecule has 94 valence electrons.